The van der Waals surface area contributed by atoms with Crippen LogP contribution in [0.2, 0.25) is 0 Å². The smallest absolute Gasteiger partial charge is 0.205 e. The molecule has 0 radical (unpaired) electrons. The number of rotatable bonds is 5. The Labute approximate surface area is 180 Å². The molecule has 0 bridgehead atoms. The predicted molar refractivity (Wildman–Crippen MR) is 126 cm³/mol. The second-order valence-corrected chi connectivity index (χ2v) is 8.10. The van der Waals surface area contributed by atoms with Crippen molar-refractivity contribution < 1.29 is 19.6 Å². The van der Waals surface area contributed by atoms with Crippen molar-refractivity contribution in [3.8, 4) is 0 Å². The summed E-state index contributed by atoms with van der Waals surface area (Å²) < 4.78 is 5.32. The molecule has 0 heterocycles. The molecule has 4 nitrogen and oxygen atoms in total. The van der Waals surface area contributed by atoms with E-state index in [1.165, 1.54) is 16.7 Å². The highest BCUT2D eigenvalue weighted by molar-refractivity contribution is 7.44. The first-order valence-corrected chi connectivity index (χ1v) is 11.5. The summed E-state index contributed by atoms with van der Waals surface area (Å²) in [5, 5.41) is 9.74. The molecule has 2 aliphatic rings. The third kappa shape index (κ3) is 7.46. The topological polar surface area (TPSA) is 69.9 Å². The summed E-state index contributed by atoms with van der Waals surface area (Å²) in [6.07, 6.45) is 14.4. The Morgan fingerprint density at radius 1 is 1.03 bits per heavy atom. The molecule has 3 N–H and O–H groups in total. The van der Waals surface area contributed by atoms with Crippen LogP contribution in [0.15, 0.2) is 95.0 Å². The van der Waals surface area contributed by atoms with Crippen LogP contribution >= 0.6 is 8.38 Å². The lowest BCUT2D eigenvalue weighted by molar-refractivity contribution is 0.260. The van der Waals surface area contributed by atoms with Crippen molar-refractivity contribution in [1.29, 1.82) is 0 Å². The summed E-state index contributed by atoms with van der Waals surface area (Å²) in [5.74, 6) is 1.07. The minimum atomic E-state index is -1.98. The average molecular weight is 426 g/mol. The second kappa shape index (κ2) is 12.3. The summed E-state index contributed by atoms with van der Waals surface area (Å²) in [7, 11) is -1.98. The van der Waals surface area contributed by atoms with Crippen LogP contribution in [-0.4, -0.2) is 21.2 Å². The molecule has 0 spiro atoms. The molecule has 3 rings (SSSR count). The largest absolute Gasteiger partial charge is 0.507 e. The standard InChI is InChI=1S/C13H12O.C12H19O3P/c14-13-10-6-2-5-9-12(13)11-7-3-1-4-8-11;1-4-12-9(2)5-6-11(7-10(12)3)15-8-16(13)14/h1,3-10,14H,2H2;6-7,13-14H,4-5,8H2,1-3H3. The van der Waals surface area contributed by atoms with Crippen molar-refractivity contribution in [2.75, 3.05) is 6.35 Å². The summed E-state index contributed by atoms with van der Waals surface area (Å²) in [6, 6.07) is 9.90. The van der Waals surface area contributed by atoms with Crippen molar-refractivity contribution in [1.82, 2.24) is 0 Å². The normalized spacial score (nSPS) is 16.5. The van der Waals surface area contributed by atoms with Crippen LogP contribution in [0.3, 0.4) is 0 Å². The van der Waals surface area contributed by atoms with E-state index in [-0.39, 0.29) is 6.35 Å². The van der Waals surface area contributed by atoms with Crippen molar-refractivity contribution in [2.45, 2.75) is 40.0 Å². The number of allylic oxidation sites excluding steroid dienone is 10. The van der Waals surface area contributed by atoms with E-state index in [9.17, 15) is 5.11 Å². The van der Waals surface area contributed by atoms with Gasteiger partial charge in [0, 0.05) is 5.57 Å². The lowest BCUT2D eigenvalue weighted by Crippen LogP contribution is -1.92. The molecule has 1 aromatic carbocycles. The van der Waals surface area contributed by atoms with Gasteiger partial charge in [-0.25, -0.2) is 0 Å². The van der Waals surface area contributed by atoms with Gasteiger partial charge >= 0.3 is 0 Å². The maximum absolute atomic E-state index is 9.74. The van der Waals surface area contributed by atoms with Crippen molar-refractivity contribution in [3.63, 3.8) is 0 Å². The zero-order valence-corrected chi connectivity index (χ0v) is 18.8. The Kier molecular flexibility index (Phi) is 9.82. The van der Waals surface area contributed by atoms with E-state index in [4.69, 9.17) is 14.5 Å². The summed E-state index contributed by atoms with van der Waals surface area (Å²) in [4.78, 5) is 17.6. The first-order valence-electron chi connectivity index (χ1n) is 10.1. The molecule has 0 atom stereocenters. The highest BCUT2D eigenvalue weighted by atomic mass is 31.2. The highest BCUT2D eigenvalue weighted by Crippen LogP contribution is 2.29. The van der Waals surface area contributed by atoms with Crippen molar-refractivity contribution in [3.05, 3.63) is 101 Å². The minimum Gasteiger partial charge on any atom is -0.507 e. The van der Waals surface area contributed by atoms with Gasteiger partial charge in [-0.05, 0) is 68.0 Å². The number of benzene rings is 1. The van der Waals surface area contributed by atoms with Crippen LogP contribution in [0.25, 0.3) is 5.57 Å². The van der Waals surface area contributed by atoms with Crippen LogP contribution in [0.4, 0.5) is 0 Å². The molecule has 160 valence electrons. The van der Waals surface area contributed by atoms with Gasteiger partial charge in [0.1, 0.15) is 11.5 Å². The van der Waals surface area contributed by atoms with Gasteiger partial charge in [0.15, 0.2) is 6.35 Å². The fraction of sp³-hybridized carbons (Fsp3) is 0.280. The van der Waals surface area contributed by atoms with E-state index in [0.29, 0.717) is 5.76 Å². The molecule has 0 fully saturated rings. The molecule has 0 saturated carbocycles. The molecule has 0 saturated heterocycles. The zero-order valence-electron chi connectivity index (χ0n) is 17.9. The summed E-state index contributed by atoms with van der Waals surface area (Å²) >= 11 is 0. The third-order valence-corrected chi connectivity index (χ3v) is 5.21. The monoisotopic (exact) mass is 426 g/mol. The number of hydrogen-bond donors (Lipinski definition) is 3. The molecular weight excluding hydrogens is 395 g/mol. The first-order chi connectivity index (χ1) is 14.4. The number of hydrogen-bond acceptors (Lipinski definition) is 4. The van der Waals surface area contributed by atoms with Crippen molar-refractivity contribution >= 4 is 13.9 Å². The van der Waals surface area contributed by atoms with Gasteiger partial charge in [0.05, 0.1) is 0 Å². The molecule has 30 heavy (non-hydrogen) atoms. The second-order valence-electron chi connectivity index (χ2n) is 7.10. The lowest BCUT2D eigenvalue weighted by Gasteiger charge is -2.08. The van der Waals surface area contributed by atoms with Gasteiger partial charge in [-0.15, -0.1) is 0 Å². The van der Waals surface area contributed by atoms with E-state index in [1.807, 2.05) is 60.7 Å². The molecular formula is C25H31O4P. The van der Waals surface area contributed by atoms with Crippen LogP contribution < -0.4 is 0 Å². The zero-order chi connectivity index (χ0) is 21.9. The molecule has 1 aromatic rings. The summed E-state index contributed by atoms with van der Waals surface area (Å²) in [6.45, 7) is 6.33. The molecule has 0 aliphatic heterocycles. The molecule has 0 amide bonds. The van der Waals surface area contributed by atoms with Gasteiger partial charge in [0.2, 0.25) is 8.38 Å². The molecule has 2 aliphatic carbocycles. The molecule has 0 aromatic heterocycles. The predicted octanol–water partition coefficient (Wildman–Crippen LogP) is 6.69. The number of aliphatic hydroxyl groups excluding tert-OH is 1. The first kappa shape index (κ1) is 23.9. The number of aliphatic hydroxyl groups is 1. The third-order valence-electron chi connectivity index (χ3n) is 4.85. The van der Waals surface area contributed by atoms with E-state index in [0.717, 1.165) is 36.2 Å². The minimum absolute atomic E-state index is 0.0224. The van der Waals surface area contributed by atoms with Crippen LogP contribution in [0.1, 0.15) is 45.6 Å². The Hall–Kier alpha value is -2.39. The quantitative estimate of drug-likeness (QED) is 0.459. The fourth-order valence-electron chi connectivity index (χ4n) is 3.37. The van der Waals surface area contributed by atoms with Crippen LogP contribution in [0, 0.1) is 0 Å². The maximum atomic E-state index is 9.74. The Balaban J connectivity index is 0.000000215. The van der Waals surface area contributed by atoms with Crippen LogP contribution in [-0.2, 0) is 4.74 Å². The van der Waals surface area contributed by atoms with Gasteiger partial charge < -0.3 is 19.6 Å². The lowest BCUT2D eigenvalue weighted by atomic mass is 9.99. The highest BCUT2D eigenvalue weighted by Gasteiger charge is 2.09. The van der Waals surface area contributed by atoms with E-state index in [1.54, 1.807) is 6.08 Å². The van der Waals surface area contributed by atoms with E-state index < -0.39 is 8.38 Å². The van der Waals surface area contributed by atoms with Crippen LogP contribution in [0.5, 0.6) is 0 Å². The Morgan fingerprint density at radius 3 is 2.40 bits per heavy atom. The Morgan fingerprint density at radius 2 is 1.73 bits per heavy atom. The van der Waals surface area contributed by atoms with E-state index >= 15 is 0 Å². The number of ether oxygens (including phenoxy) is 1. The van der Waals surface area contributed by atoms with Gasteiger partial charge in [-0.3, -0.25) is 0 Å². The van der Waals surface area contributed by atoms with E-state index in [2.05, 4.69) is 20.8 Å². The van der Waals surface area contributed by atoms with Crippen molar-refractivity contribution in [2.24, 2.45) is 0 Å². The van der Waals surface area contributed by atoms with Gasteiger partial charge in [-0.2, -0.15) is 0 Å². The summed E-state index contributed by atoms with van der Waals surface area (Å²) in [5.41, 5.74) is 5.85. The van der Waals surface area contributed by atoms with Gasteiger partial charge in [0.25, 0.3) is 0 Å². The molecule has 0 unspecified atom stereocenters. The average Bonchev–Trinajstić information content (AvgIpc) is 3.03. The Bertz CT molecular complexity index is 887. The maximum Gasteiger partial charge on any atom is 0.205 e. The fourth-order valence-corrected chi connectivity index (χ4v) is 3.63. The van der Waals surface area contributed by atoms with Gasteiger partial charge in [-0.1, -0.05) is 61.1 Å². The molecule has 5 heteroatoms. The SMILES string of the molecule is CCC1=C(C)CC=C(OCP(O)O)C=C1C.OC1=C(c2ccccc2)C=CCC=C1.